The zero-order valence-electron chi connectivity index (χ0n) is 8.77. The Hall–Kier alpha value is -1.33. The van der Waals surface area contributed by atoms with E-state index in [0.717, 1.165) is 11.5 Å². The Kier molecular flexibility index (Phi) is 3.58. The van der Waals surface area contributed by atoms with Crippen LogP contribution in [-0.4, -0.2) is 10.3 Å². The summed E-state index contributed by atoms with van der Waals surface area (Å²) in [6.45, 7) is 2.56. The van der Waals surface area contributed by atoms with E-state index in [1.807, 2.05) is 13.0 Å². The number of rotatable bonds is 5. The van der Waals surface area contributed by atoms with Crippen LogP contribution in [-0.2, 0) is 23.8 Å². The van der Waals surface area contributed by atoms with Crippen LogP contribution in [0.1, 0.15) is 22.9 Å². The number of halogens is 1. The van der Waals surface area contributed by atoms with Gasteiger partial charge in [-0.05, 0) is 6.92 Å². The van der Waals surface area contributed by atoms with Crippen LogP contribution in [0.5, 0.6) is 0 Å². The maximum Gasteiger partial charge on any atom is 0.162 e. The first-order chi connectivity index (χ1) is 7.78. The highest BCUT2D eigenvalue weighted by atomic mass is 35.5. The molecular formula is C10H11ClN2O3. The van der Waals surface area contributed by atoms with E-state index in [2.05, 4.69) is 10.3 Å². The number of hydrogen-bond donors (Lipinski definition) is 0. The first-order valence-electron chi connectivity index (χ1n) is 4.78. The molecule has 0 unspecified atom stereocenters. The lowest BCUT2D eigenvalue weighted by atomic mass is 10.4. The lowest BCUT2D eigenvalue weighted by molar-refractivity contribution is 0.0842. The summed E-state index contributed by atoms with van der Waals surface area (Å²) in [5.41, 5.74) is 1.46. The topological polar surface area (TPSA) is 61.3 Å². The number of aromatic nitrogens is 2. The minimum Gasteiger partial charge on any atom is -0.367 e. The summed E-state index contributed by atoms with van der Waals surface area (Å²) < 4.78 is 15.3. The van der Waals surface area contributed by atoms with Gasteiger partial charge in [-0.1, -0.05) is 10.3 Å². The lowest BCUT2D eigenvalue weighted by Crippen LogP contribution is -1.92. The number of alkyl halides is 1. The van der Waals surface area contributed by atoms with Crippen molar-refractivity contribution in [3.8, 4) is 0 Å². The van der Waals surface area contributed by atoms with E-state index in [0.29, 0.717) is 30.5 Å². The number of aryl methyl sites for hydroxylation is 1. The quantitative estimate of drug-likeness (QED) is 0.754. The average Bonchev–Trinajstić information content (AvgIpc) is 2.88. The molecule has 0 fully saturated rings. The molecule has 0 radical (unpaired) electrons. The van der Waals surface area contributed by atoms with Crippen molar-refractivity contribution in [1.29, 1.82) is 0 Å². The molecule has 0 amide bonds. The Balaban J connectivity index is 1.79. The van der Waals surface area contributed by atoms with Crippen LogP contribution in [0.3, 0.4) is 0 Å². The summed E-state index contributed by atoms with van der Waals surface area (Å²) in [6.07, 6.45) is 0. The molecule has 0 N–H and O–H groups in total. The van der Waals surface area contributed by atoms with Crippen LogP contribution in [0.2, 0.25) is 0 Å². The Morgan fingerprint density at radius 1 is 1.19 bits per heavy atom. The van der Waals surface area contributed by atoms with Crippen LogP contribution in [0.15, 0.2) is 21.2 Å². The van der Waals surface area contributed by atoms with Gasteiger partial charge in [-0.25, -0.2) is 0 Å². The van der Waals surface area contributed by atoms with E-state index in [1.54, 1.807) is 6.07 Å². The predicted octanol–water partition coefficient (Wildman–Crippen LogP) is 2.43. The van der Waals surface area contributed by atoms with Gasteiger partial charge in [0.05, 0.1) is 18.2 Å². The minimum atomic E-state index is 0.339. The third-order valence-corrected chi connectivity index (χ3v) is 2.19. The molecule has 0 aliphatic rings. The van der Waals surface area contributed by atoms with Crippen molar-refractivity contribution in [2.45, 2.75) is 26.0 Å². The molecule has 2 aromatic rings. The third kappa shape index (κ3) is 2.84. The van der Waals surface area contributed by atoms with Gasteiger partial charge in [-0.3, -0.25) is 0 Å². The van der Waals surface area contributed by atoms with Crippen LogP contribution < -0.4 is 0 Å². The van der Waals surface area contributed by atoms with Crippen LogP contribution >= 0.6 is 11.6 Å². The van der Waals surface area contributed by atoms with Crippen molar-refractivity contribution in [2.24, 2.45) is 0 Å². The highest BCUT2D eigenvalue weighted by Crippen LogP contribution is 2.09. The van der Waals surface area contributed by atoms with Crippen LogP contribution in [0.4, 0.5) is 0 Å². The number of hydrogen-bond acceptors (Lipinski definition) is 5. The average molecular weight is 243 g/mol. The maximum atomic E-state index is 5.59. The first-order valence-corrected chi connectivity index (χ1v) is 5.32. The largest absolute Gasteiger partial charge is 0.367 e. The van der Waals surface area contributed by atoms with E-state index in [4.69, 9.17) is 25.4 Å². The van der Waals surface area contributed by atoms with E-state index >= 15 is 0 Å². The molecular weight excluding hydrogens is 232 g/mol. The van der Waals surface area contributed by atoms with E-state index in [9.17, 15) is 0 Å². The molecule has 0 aromatic carbocycles. The Bertz CT molecular complexity index is 452. The fourth-order valence-electron chi connectivity index (χ4n) is 1.23. The molecule has 0 aliphatic carbocycles. The predicted molar refractivity (Wildman–Crippen MR) is 55.8 cm³/mol. The Morgan fingerprint density at radius 2 is 2.00 bits per heavy atom. The number of nitrogens with zero attached hydrogens (tertiary/aromatic N) is 2. The van der Waals surface area contributed by atoms with Crippen molar-refractivity contribution in [2.75, 3.05) is 0 Å². The zero-order chi connectivity index (χ0) is 11.4. The normalized spacial score (nSPS) is 10.9. The van der Waals surface area contributed by atoms with Gasteiger partial charge in [0.2, 0.25) is 0 Å². The second-order valence-electron chi connectivity index (χ2n) is 3.34. The maximum absolute atomic E-state index is 5.59. The molecule has 16 heavy (non-hydrogen) atoms. The van der Waals surface area contributed by atoms with Gasteiger partial charge >= 0.3 is 0 Å². The molecule has 0 atom stereocenters. The van der Waals surface area contributed by atoms with Gasteiger partial charge in [-0.15, -0.1) is 11.6 Å². The first kappa shape index (κ1) is 11.2. The van der Waals surface area contributed by atoms with Gasteiger partial charge < -0.3 is 13.8 Å². The van der Waals surface area contributed by atoms with Gasteiger partial charge in [0.1, 0.15) is 18.1 Å². The van der Waals surface area contributed by atoms with E-state index < -0.39 is 0 Å². The molecule has 86 valence electrons. The van der Waals surface area contributed by atoms with Crippen LogP contribution in [0, 0.1) is 6.92 Å². The summed E-state index contributed by atoms with van der Waals surface area (Å²) in [6, 6.07) is 3.59. The van der Waals surface area contributed by atoms with Crippen molar-refractivity contribution in [3.05, 3.63) is 35.0 Å². The molecule has 6 heteroatoms. The van der Waals surface area contributed by atoms with Gasteiger partial charge in [0.15, 0.2) is 5.76 Å². The smallest absolute Gasteiger partial charge is 0.162 e. The Morgan fingerprint density at radius 3 is 2.62 bits per heavy atom. The SMILES string of the molecule is Cc1cc(COCc2cc(CCl)no2)no1. The second kappa shape index (κ2) is 5.14. The molecule has 0 bridgehead atoms. The molecule has 2 heterocycles. The van der Waals surface area contributed by atoms with Gasteiger partial charge in [-0.2, -0.15) is 0 Å². The van der Waals surface area contributed by atoms with Crippen molar-refractivity contribution < 1.29 is 13.8 Å². The highest BCUT2D eigenvalue weighted by molar-refractivity contribution is 6.16. The van der Waals surface area contributed by atoms with Gasteiger partial charge in [0, 0.05) is 12.1 Å². The Labute approximate surface area is 97.3 Å². The molecule has 0 spiro atoms. The number of ether oxygens (including phenoxy) is 1. The fourth-order valence-corrected chi connectivity index (χ4v) is 1.35. The van der Waals surface area contributed by atoms with Gasteiger partial charge in [0.25, 0.3) is 0 Å². The molecule has 2 rings (SSSR count). The summed E-state index contributed by atoms with van der Waals surface area (Å²) in [5, 5.41) is 7.54. The fraction of sp³-hybridized carbons (Fsp3) is 0.400. The summed E-state index contributed by atoms with van der Waals surface area (Å²) in [7, 11) is 0. The second-order valence-corrected chi connectivity index (χ2v) is 3.61. The molecule has 2 aromatic heterocycles. The summed E-state index contributed by atoms with van der Waals surface area (Å²) in [5.74, 6) is 1.75. The molecule has 5 nitrogen and oxygen atoms in total. The summed E-state index contributed by atoms with van der Waals surface area (Å²) in [4.78, 5) is 0. The van der Waals surface area contributed by atoms with Crippen LogP contribution in [0.25, 0.3) is 0 Å². The molecule has 0 saturated carbocycles. The van der Waals surface area contributed by atoms with E-state index in [-0.39, 0.29) is 0 Å². The standard InChI is InChI=1S/C10H11ClN2O3/c1-7-2-9(13-15-7)5-14-6-10-3-8(4-11)12-16-10/h2-3H,4-6H2,1H3. The zero-order valence-corrected chi connectivity index (χ0v) is 9.53. The van der Waals surface area contributed by atoms with Crippen molar-refractivity contribution in [1.82, 2.24) is 10.3 Å². The minimum absolute atomic E-state index is 0.339. The summed E-state index contributed by atoms with van der Waals surface area (Å²) >= 11 is 5.59. The van der Waals surface area contributed by atoms with Crippen molar-refractivity contribution in [3.63, 3.8) is 0 Å². The third-order valence-electron chi connectivity index (χ3n) is 1.92. The molecule has 0 saturated heterocycles. The van der Waals surface area contributed by atoms with E-state index in [1.165, 1.54) is 0 Å². The molecule has 0 aliphatic heterocycles. The highest BCUT2D eigenvalue weighted by Gasteiger charge is 2.04. The van der Waals surface area contributed by atoms with Crippen molar-refractivity contribution >= 4 is 11.6 Å². The monoisotopic (exact) mass is 242 g/mol. The lowest BCUT2D eigenvalue weighted by Gasteiger charge is -1.96.